The molecule has 94 valence electrons. The van der Waals surface area contributed by atoms with Gasteiger partial charge in [-0.05, 0) is 40.0 Å². The van der Waals surface area contributed by atoms with Crippen LogP contribution in [-0.2, 0) is 13.0 Å². The van der Waals surface area contributed by atoms with E-state index in [4.69, 9.17) is 0 Å². The molecule has 1 aliphatic rings. The molecule has 3 nitrogen and oxygen atoms in total. The molecule has 0 amide bonds. The Morgan fingerprint density at radius 2 is 2.11 bits per heavy atom. The number of imidazole rings is 1. The van der Waals surface area contributed by atoms with Crippen LogP contribution in [0.25, 0.3) is 0 Å². The Hall–Kier alpha value is -1.36. The van der Waals surface area contributed by atoms with E-state index >= 15 is 0 Å². The second-order valence-corrected chi connectivity index (χ2v) is 5.15. The molecule has 2 heterocycles. The van der Waals surface area contributed by atoms with Crippen LogP contribution in [0.3, 0.4) is 0 Å². The van der Waals surface area contributed by atoms with Crippen LogP contribution in [0.1, 0.15) is 17.8 Å². The van der Waals surface area contributed by atoms with E-state index in [0.717, 1.165) is 47.7 Å². The Balaban J connectivity index is 1.91. The lowest BCUT2D eigenvalue weighted by Crippen LogP contribution is -2.18. The number of fused-ring (bicyclic) bond motifs is 1. The lowest BCUT2D eigenvalue weighted by atomic mass is 10.1. The van der Waals surface area contributed by atoms with Gasteiger partial charge in [0.15, 0.2) is 0 Å². The zero-order valence-corrected chi connectivity index (χ0v) is 11.4. The Morgan fingerprint density at radius 3 is 2.89 bits per heavy atom. The van der Waals surface area contributed by atoms with Crippen molar-refractivity contribution in [2.45, 2.75) is 19.4 Å². The molecule has 0 atom stereocenters. The fourth-order valence-electron chi connectivity index (χ4n) is 2.24. The molecule has 2 aromatic rings. The van der Waals surface area contributed by atoms with E-state index in [1.54, 1.807) is 12.1 Å². The van der Waals surface area contributed by atoms with Crippen LogP contribution < -0.4 is 5.32 Å². The third-order valence-corrected chi connectivity index (χ3v) is 3.68. The summed E-state index contributed by atoms with van der Waals surface area (Å²) in [4.78, 5) is 4.53. The zero-order chi connectivity index (χ0) is 12.5. The maximum absolute atomic E-state index is 12.9. The van der Waals surface area contributed by atoms with Gasteiger partial charge in [-0.25, -0.2) is 9.37 Å². The van der Waals surface area contributed by atoms with Crippen LogP contribution >= 0.6 is 15.9 Å². The Kier molecular flexibility index (Phi) is 3.07. The van der Waals surface area contributed by atoms with Gasteiger partial charge in [0, 0.05) is 19.5 Å². The Labute approximate surface area is 113 Å². The molecule has 0 unspecified atom stereocenters. The van der Waals surface area contributed by atoms with Crippen molar-refractivity contribution in [2.24, 2.45) is 0 Å². The molecule has 5 heteroatoms. The summed E-state index contributed by atoms with van der Waals surface area (Å²) in [6.45, 7) is 1.97. The second-order valence-electron chi connectivity index (χ2n) is 4.40. The molecule has 0 saturated carbocycles. The van der Waals surface area contributed by atoms with Crippen molar-refractivity contribution in [2.75, 3.05) is 11.9 Å². The number of benzene rings is 1. The van der Waals surface area contributed by atoms with Crippen LogP contribution in [0.4, 0.5) is 10.2 Å². The summed E-state index contributed by atoms with van der Waals surface area (Å²) in [5, 5.41) is 3.34. The van der Waals surface area contributed by atoms with Crippen LogP contribution in [0.5, 0.6) is 0 Å². The molecule has 1 aromatic heterocycles. The molecule has 0 aliphatic carbocycles. The summed E-state index contributed by atoms with van der Waals surface area (Å²) in [6.07, 6.45) is 1.83. The van der Waals surface area contributed by atoms with E-state index in [1.807, 2.05) is 0 Å². The average molecular weight is 310 g/mol. The highest BCUT2D eigenvalue weighted by atomic mass is 79.9. The summed E-state index contributed by atoms with van der Waals surface area (Å²) in [6, 6.07) is 6.59. The molecule has 0 bridgehead atoms. The van der Waals surface area contributed by atoms with Crippen molar-refractivity contribution < 1.29 is 4.39 Å². The first kappa shape index (κ1) is 11.7. The molecule has 0 spiro atoms. The molecule has 0 radical (unpaired) electrons. The third kappa shape index (κ3) is 2.14. The average Bonchev–Trinajstić information content (AvgIpc) is 2.70. The van der Waals surface area contributed by atoms with E-state index in [9.17, 15) is 4.39 Å². The number of nitrogens with one attached hydrogen (secondary N) is 1. The SMILES string of the molecule is Fc1ccc(Cc2nc(Br)c3n2CCCN3)cc1. The predicted octanol–water partition coefficient (Wildman–Crippen LogP) is 3.19. The highest BCUT2D eigenvalue weighted by molar-refractivity contribution is 9.10. The van der Waals surface area contributed by atoms with Gasteiger partial charge in [0.1, 0.15) is 22.1 Å². The van der Waals surface area contributed by atoms with E-state index in [0.29, 0.717) is 0 Å². The Bertz CT molecular complexity index is 562. The summed E-state index contributed by atoms with van der Waals surface area (Å²) >= 11 is 3.47. The van der Waals surface area contributed by atoms with Gasteiger partial charge in [-0.2, -0.15) is 0 Å². The minimum absolute atomic E-state index is 0.202. The maximum Gasteiger partial charge on any atom is 0.148 e. The quantitative estimate of drug-likeness (QED) is 0.923. The second kappa shape index (κ2) is 4.72. The lowest BCUT2D eigenvalue weighted by molar-refractivity contribution is 0.605. The summed E-state index contributed by atoms with van der Waals surface area (Å²) in [5.41, 5.74) is 1.07. The number of hydrogen-bond donors (Lipinski definition) is 1. The summed E-state index contributed by atoms with van der Waals surface area (Å²) in [7, 11) is 0. The van der Waals surface area contributed by atoms with E-state index in [-0.39, 0.29) is 5.82 Å². The Morgan fingerprint density at radius 1 is 1.33 bits per heavy atom. The first-order chi connectivity index (χ1) is 8.74. The van der Waals surface area contributed by atoms with Gasteiger partial charge in [-0.15, -0.1) is 0 Å². The lowest BCUT2D eigenvalue weighted by Gasteiger charge is -2.18. The minimum atomic E-state index is -0.202. The van der Waals surface area contributed by atoms with E-state index < -0.39 is 0 Å². The molecular formula is C13H13BrFN3. The number of aromatic nitrogens is 2. The van der Waals surface area contributed by atoms with Gasteiger partial charge in [-0.1, -0.05) is 12.1 Å². The predicted molar refractivity (Wildman–Crippen MR) is 72.2 cm³/mol. The number of nitrogens with zero attached hydrogens (tertiary/aromatic N) is 2. The molecule has 1 aliphatic heterocycles. The van der Waals surface area contributed by atoms with Gasteiger partial charge in [-0.3, -0.25) is 0 Å². The van der Waals surface area contributed by atoms with Crippen LogP contribution in [0.2, 0.25) is 0 Å². The van der Waals surface area contributed by atoms with Crippen molar-refractivity contribution in [1.82, 2.24) is 9.55 Å². The first-order valence-electron chi connectivity index (χ1n) is 5.97. The van der Waals surface area contributed by atoms with Crippen molar-refractivity contribution in [3.63, 3.8) is 0 Å². The molecule has 1 N–H and O–H groups in total. The van der Waals surface area contributed by atoms with Crippen molar-refractivity contribution in [1.29, 1.82) is 0 Å². The smallest absolute Gasteiger partial charge is 0.148 e. The molecule has 3 rings (SSSR count). The fourth-order valence-corrected chi connectivity index (χ4v) is 2.80. The number of anilines is 1. The zero-order valence-electron chi connectivity index (χ0n) is 9.79. The maximum atomic E-state index is 12.9. The van der Waals surface area contributed by atoms with Crippen molar-refractivity contribution in [3.05, 3.63) is 46.1 Å². The number of rotatable bonds is 2. The highest BCUT2D eigenvalue weighted by Crippen LogP contribution is 2.27. The molecule has 0 fully saturated rings. The topological polar surface area (TPSA) is 29.9 Å². The molecule has 1 aromatic carbocycles. The standard InChI is InChI=1S/C13H13BrFN3/c14-12-13-16-6-1-7-18(13)11(17-12)8-9-2-4-10(15)5-3-9/h2-5,16H,1,6-8H2. The molecular weight excluding hydrogens is 297 g/mol. The van der Waals surface area contributed by atoms with Gasteiger partial charge in [0.25, 0.3) is 0 Å². The van der Waals surface area contributed by atoms with Crippen LogP contribution in [-0.4, -0.2) is 16.1 Å². The summed E-state index contributed by atoms with van der Waals surface area (Å²) in [5.74, 6) is 1.86. The number of halogens is 2. The summed E-state index contributed by atoms with van der Waals surface area (Å²) < 4.78 is 15.9. The van der Waals surface area contributed by atoms with Crippen LogP contribution in [0.15, 0.2) is 28.9 Å². The third-order valence-electron chi connectivity index (χ3n) is 3.13. The largest absolute Gasteiger partial charge is 0.369 e. The minimum Gasteiger partial charge on any atom is -0.369 e. The molecule has 0 saturated heterocycles. The van der Waals surface area contributed by atoms with Crippen LogP contribution in [0, 0.1) is 5.82 Å². The molecule has 18 heavy (non-hydrogen) atoms. The van der Waals surface area contributed by atoms with Crippen molar-refractivity contribution in [3.8, 4) is 0 Å². The van der Waals surface area contributed by atoms with Gasteiger partial charge in [0.05, 0.1) is 0 Å². The van der Waals surface area contributed by atoms with E-state index in [1.165, 1.54) is 12.1 Å². The number of hydrogen-bond acceptors (Lipinski definition) is 2. The highest BCUT2D eigenvalue weighted by Gasteiger charge is 2.18. The van der Waals surface area contributed by atoms with Gasteiger partial charge >= 0.3 is 0 Å². The normalized spacial score (nSPS) is 14.1. The van der Waals surface area contributed by atoms with E-state index in [2.05, 4.69) is 30.8 Å². The van der Waals surface area contributed by atoms with Gasteiger partial charge < -0.3 is 9.88 Å². The fraction of sp³-hybridized carbons (Fsp3) is 0.308. The monoisotopic (exact) mass is 309 g/mol. The van der Waals surface area contributed by atoms with Crippen molar-refractivity contribution >= 4 is 21.7 Å². The first-order valence-corrected chi connectivity index (χ1v) is 6.76. The van der Waals surface area contributed by atoms with Gasteiger partial charge in [0.2, 0.25) is 0 Å².